The molecule has 0 radical (unpaired) electrons. The van der Waals surface area contributed by atoms with Gasteiger partial charge in [-0.1, -0.05) is 4.51 Å². The highest BCUT2D eigenvalue weighted by atomic mass is 127. The van der Waals surface area contributed by atoms with E-state index < -0.39 is 0 Å². The van der Waals surface area contributed by atoms with E-state index in [0.717, 1.165) is 6.42 Å². The minimum atomic E-state index is -0.0872. The molecule has 10 heavy (non-hydrogen) atoms. The van der Waals surface area contributed by atoms with Crippen molar-refractivity contribution in [2.24, 2.45) is 4.99 Å². The molecule has 1 unspecified atom stereocenters. The molecular formula is C7H13IN2. The van der Waals surface area contributed by atoms with Crippen molar-refractivity contribution in [3.63, 3.8) is 0 Å². The van der Waals surface area contributed by atoms with Gasteiger partial charge in [-0.2, -0.15) is 0 Å². The van der Waals surface area contributed by atoms with Crippen molar-refractivity contribution in [3.8, 4) is 0 Å². The molecule has 3 heteroatoms. The van der Waals surface area contributed by atoms with Crippen LogP contribution in [0, 0.1) is 5.41 Å². The lowest BCUT2D eigenvalue weighted by atomic mass is 10.3. The number of alkyl halides is 1. The molecule has 0 saturated carbocycles. The first-order chi connectivity index (χ1) is 4.70. The molecule has 0 heterocycles. The van der Waals surface area contributed by atoms with Gasteiger partial charge in [0.1, 0.15) is 4.05 Å². The maximum Gasteiger partial charge on any atom is 0.100 e. The van der Waals surface area contributed by atoms with E-state index in [1.165, 1.54) is 0 Å². The normalized spacial score (nSPS) is 13.8. The fourth-order valence-corrected chi connectivity index (χ4v) is 2.08. The Labute approximate surface area is 72.0 Å². The Morgan fingerprint density at radius 3 is 2.80 bits per heavy atom. The van der Waals surface area contributed by atoms with Gasteiger partial charge >= 0.3 is 0 Å². The van der Waals surface area contributed by atoms with Crippen molar-refractivity contribution in [1.82, 2.24) is 0 Å². The second-order valence-corrected chi connectivity index (χ2v) is 4.30. The molecule has 0 aromatic rings. The van der Waals surface area contributed by atoms with Crippen molar-refractivity contribution in [2.45, 2.75) is 24.3 Å². The van der Waals surface area contributed by atoms with E-state index >= 15 is 0 Å². The van der Waals surface area contributed by atoms with Gasteiger partial charge in [0.15, 0.2) is 0 Å². The summed E-state index contributed by atoms with van der Waals surface area (Å²) in [6.07, 6.45) is 2.60. The number of hydrogen-bond acceptors (Lipinski definition) is 2. The third-order valence-electron chi connectivity index (χ3n) is 0.964. The van der Waals surface area contributed by atoms with Crippen LogP contribution in [0.3, 0.4) is 0 Å². The Bertz CT molecular complexity index is 152. The molecule has 0 aromatic heterocycles. The summed E-state index contributed by atoms with van der Waals surface area (Å²) in [7, 11) is 0. The first kappa shape index (κ1) is 9.94. The molecule has 0 aliphatic rings. The summed E-state index contributed by atoms with van der Waals surface area (Å²) in [5, 5.41) is 7.22. The first-order valence-corrected chi connectivity index (χ1v) is 5.86. The molecule has 0 aromatic carbocycles. The summed E-state index contributed by atoms with van der Waals surface area (Å²) < 4.78 is 4.19. The summed E-state index contributed by atoms with van der Waals surface area (Å²) in [4.78, 5) is 4.20. The Hall–Kier alpha value is -0.0600. The number of halogens is 1. The lowest BCUT2D eigenvalue weighted by Gasteiger charge is -2.02. The zero-order valence-corrected chi connectivity index (χ0v) is 8.55. The third-order valence-corrected chi connectivity index (χ3v) is 2.74. The van der Waals surface area contributed by atoms with Crippen LogP contribution in [-0.2, 0) is 0 Å². The fraction of sp³-hybridized carbons (Fsp3) is 0.571. The number of hydrogen-bond donors (Lipinski definition) is 1. The first-order valence-electron chi connectivity index (χ1n) is 3.09. The lowest BCUT2D eigenvalue weighted by molar-refractivity contribution is 0.996. The average Bonchev–Trinajstić information content (AvgIpc) is 1.86. The molecule has 1 N–H and O–H groups in total. The molecule has 2 nitrogen and oxygen atoms in total. The van der Waals surface area contributed by atoms with E-state index in [1.54, 1.807) is 6.21 Å². The van der Waals surface area contributed by atoms with Gasteiger partial charge in [0.2, 0.25) is 0 Å². The highest BCUT2D eigenvalue weighted by molar-refractivity contribution is 14.2. The SMILES string of the molecule is C=IC(CC(C)=N)N=CC. The van der Waals surface area contributed by atoms with E-state index in [1.807, 2.05) is 13.8 Å². The lowest BCUT2D eigenvalue weighted by Crippen LogP contribution is -2.00. The summed E-state index contributed by atoms with van der Waals surface area (Å²) in [6.45, 7) is 3.73. The summed E-state index contributed by atoms with van der Waals surface area (Å²) in [5.74, 6) is 0. The van der Waals surface area contributed by atoms with Crippen molar-refractivity contribution in [1.29, 1.82) is 5.41 Å². The van der Waals surface area contributed by atoms with E-state index in [9.17, 15) is 0 Å². The second kappa shape index (κ2) is 5.70. The molecule has 0 aliphatic carbocycles. The van der Waals surface area contributed by atoms with Gasteiger partial charge < -0.3 is 5.41 Å². The van der Waals surface area contributed by atoms with Crippen LogP contribution in [0.4, 0.5) is 0 Å². The minimum absolute atomic E-state index is 0.0872. The van der Waals surface area contributed by atoms with Crippen LogP contribution in [0.5, 0.6) is 0 Å². The largest absolute Gasteiger partial charge is 0.310 e. The number of nitrogens with zero attached hydrogens (tertiary/aromatic N) is 1. The van der Waals surface area contributed by atoms with Crippen LogP contribution in [0.15, 0.2) is 4.99 Å². The molecule has 0 bridgehead atoms. The summed E-state index contributed by atoms with van der Waals surface area (Å²) in [5.41, 5.74) is 0.707. The topological polar surface area (TPSA) is 36.2 Å². The van der Waals surface area contributed by atoms with Crippen molar-refractivity contribution < 1.29 is 0 Å². The molecule has 58 valence electrons. The molecule has 0 spiro atoms. The predicted octanol–water partition coefficient (Wildman–Crippen LogP) is 2.24. The highest BCUT2D eigenvalue weighted by Gasteiger charge is 2.00. The monoisotopic (exact) mass is 252 g/mol. The minimum Gasteiger partial charge on any atom is -0.310 e. The molecule has 0 rings (SSSR count). The zero-order chi connectivity index (χ0) is 7.98. The molecule has 0 aliphatic heterocycles. The Morgan fingerprint density at radius 2 is 2.50 bits per heavy atom. The van der Waals surface area contributed by atoms with Gasteiger partial charge in [0.25, 0.3) is 0 Å². The second-order valence-electron chi connectivity index (χ2n) is 1.98. The molecule has 0 amide bonds. The van der Waals surface area contributed by atoms with Gasteiger partial charge in [-0.3, -0.25) is 4.99 Å². The van der Waals surface area contributed by atoms with Gasteiger partial charge in [-0.15, -0.1) is 20.7 Å². The Kier molecular flexibility index (Phi) is 5.67. The summed E-state index contributed by atoms with van der Waals surface area (Å²) in [6, 6.07) is 0. The van der Waals surface area contributed by atoms with Crippen molar-refractivity contribution in [3.05, 3.63) is 0 Å². The highest BCUT2D eigenvalue weighted by Crippen LogP contribution is 2.12. The third kappa shape index (κ3) is 4.78. The standard InChI is InChI=1S/C7H13IN2/c1-4-10-7(8-3)5-6(2)9/h4,7,9H,3,5H2,1-2H3. The van der Waals surface area contributed by atoms with Crippen LogP contribution >= 0.6 is 20.7 Å². The predicted molar refractivity (Wildman–Crippen MR) is 57.1 cm³/mol. The number of nitrogens with one attached hydrogen (secondary N) is 1. The number of aliphatic imine (C=N–C) groups is 1. The maximum atomic E-state index is 7.22. The van der Waals surface area contributed by atoms with E-state index in [0.29, 0.717) is 9.76 Å². The van der Waals surface area contributed by atoms with Crippen LogP contribution in [-0.4, -0.2) is 20.5 Å². The van der Waals surface area contributed by atoms with Crippen LogP contribution in [0.1, 0.15) is 20.3 Å². The van der Waals surface area contributed by atoms with Gasteiger partial charge in [-0.05, 0) is 20.1 Å². The molecule has 0 saturated heterocycles. The molecule has 0 fully saturated rings. The Balaban J connectivity index is 3.83. The van der Waals surface area contributed by atoms with Gasteiger partial charge in [0.05, 0.1) is 0 Å². The van der Waals surface area contributed by atoms with Crippen LogP contribution in [0.25, 0.3) is 0 Å². The van der Waals surface area contributed by atoms with Crippen LogP contribution in [0.2, 0.25) is 0 Å². The van der Waals surface area contributed by atoms with Crippen LogP contribution < -0.4 is 0 Å². The molecule has 1 atom stereocenters. The maximum absolute atomic E-state index is 7.22. The van der Waals surface area contributed by atoms with Crippen molar-refractivity contribution >= 4 is 37.2 Å². The average molecular weight is 252 g/mol. The zero-order valence-electron chi connectivity index (χ0n) is 6.39. The Morgan fingerprint density at radius 1 is 1.90 bits per heavy atom. The quantitative estimate of drug-likeness (QED) is 0.345. The fourth-order valence-electron chi connectivity index (χ4n) is 0.562. The smallest absolute Gasteiger partial charge is 0.100 e. The van der Waals surface area contributed by atoms with E-state index in [2.05, 4.69) is 9.51 Å². The van der Waals surface area contributed by atoms with Crippen molar-refractivity contribution in [2.75, 3.05) is 0 Å². The molecular weight excluding hydrogens is 239 g/mol. The van der Waals surface area contributed by atoms with Gasteiger partial charge in [0, 0.05) is 12.1 Å². The number of rotatable bonds is 4. The summed E-state index contributed by atoms with van der Waals surface area (Å²) >= 11 is -0.0872. The van der Waals surface area contributed by atoms with E-state index in [4.69, 9.17) is 5.41 Å². The van der Waals surface area contributed by atoms with E-state index in [-0.39, 0.29) is 20.7 Å². The van der Waals surface area contributed by atoms with Gasteiger partial charge in [-0.25, -0.2) is 0 Å².